The molecule has 0 radical (unpaired) electrons. The fraction of sp³-hybridized carbons (Fsp3) is 0.417. The number of fused-ring (bicyclic) bond motifs is 3. The van der Waals surface area contributed by atoms with Crippen molar-refractivity contribution >= 4 is 11.9 Å². The molecule has 2 bridgehead atoms. The highest BCUT2D eigenvalue weighted by Gasteiger charge is 2.53. The Hall–Kier alpha value is -2.66. The van der Waals surface area contributed by atoms with E-state index in [1.165, 1.54) is 0 Å². The van der Waals surface area contributed by atoms with Crippen molar-refractivity contribution in [2.75, 3.05) is 6.61 Å². The number of benzene rings is 2. The molecule has 5 rings (SSSR count). The molecule has 0 spiro atoms. The summed E-state index contributed by atoms with van der Waals surface area (Å²) in [6, 6.07) is 18.5. The molecule has 3 aliphatic rings. The van der Waals surface area contributed by atoms with Gasteiger partial charge in [0.1, 0.15) is 6.04 Å². The Labute approximate surface area is 171 Å². The van der Waals surface area contributed by atoms with Crippen molar-refractivity contribution < 1.29 is 19.4 Å². The van der Waals surface area contributed by atoms with Gasteiger partial charge < -0.3 is 14.7 Å². The minimum atomic E-state index is -0.722. The van der Waals surface area contributed by atoms with E-state index >= 15 is 0 Å². The molecule has 152 valence electrons. The standard InChI is InChI=1S/C24H27NO4/c1-2-29-24(28)22-19-14-13-18(15-20(19)26)25(22)23(27)21(16-9-5-3-6-10-16)17-11-7-4-8-12-17/h3-12,18-22,26H,2,13-15H2,1H3/t18-,19+,20+,22-/m0/s1. The third-order valence-electron chi connectivity index (χ3n) is 6.23. The fourth-order valence-corrected chi connectivity index (χ4v) is 4.95. The van der Waals surface area contributed by atoms with Gasteiger partial charge in [-0.3, -0.25) is 4.79 Å². The maximum absolute atomic E-state index is 14.0. The van der Waals surface area contributed by atoms with E-state index in [1.54, 1.807) is 11.8 Å². The maximum Gasteiger partial charge on any atom is 0.329 e. The van der Waals surface area contributed by atoms with Crippen molar-refractivity contribution in [2.45, 2.75) is 50.3 Å². The Bertz CT molecular complexity index is 814. The quantitative estimate of drug-likeness (QED) is 0.793. The van der Waals surface area contributed by atoms with Crippen molar-refractivity contribution in [1.82, 2.24) is 4.90 Å². The van der Waals surface area contributed by atoms with Gasteiger partial charge in [0.05, 0.1) is 18.6 Å². The van der Waals surface area contributed by atoms with Gasteiger partial charge >= 0.3 is 5.97 Å². The lowest BCUT2D eigenvalue weighted by Gasteiger charge is -2.52. The zero-order chi connectivity index (χ0) is 20.4. The number of carbonyl (C=O) groups is 2. The smallest absolute Gasteiger partial charge is 0.329 e. The second-order valence-corrected chi connectivity index (χ2v) is 7.89. The molecule has 29 heavy (non-hydrogen) atoms. The number of ether oxygens (including phenoxy) is 1. The Morgan fingerprint density at radius 1 is 1.03 bits per heavy atom. The highest BCUT2D eigenvalue weighted by molar-refractivity contribution is 5.92. The monoisotopic (exact) mass is 393 g/mol. The summed E-state index contributed by atoms with van der Waals surface area (Å²) in [5.41, 5.74) is 1.79. The molecule has 5 nitrogen and oxygen atoms in total. The number of hydrogen-bond acceptors (Lipinski definition) is 4. The van der Waals surface area contributed by atoms with Gasteiger partial charge in [-0.1, -0.05) is 60.7 Å². The van der Waals surface area contributed by atoms with Crippen molar-refractivity contribution in [1.29, 1.82) is 0 Å². The highest BCUT2D eigenvalue weighted by Crippen LogP contribution is 2.42. The summed E-state index contributed by atoms with van der Waals surface area (Å²) >= 11 is 0. The van der Waals surface area contributed by atoms with E-state index in [0.717, 1.165) is 24.0 Å². The Kier molecular flexibility index (Phi) is 5.67. The van der Waals surface area contributed by atoms with E-state index in [0.29, 0.717) is 6.42 Å². The largest absolute Gasteiger partial charge is 0.464 e. The summed E-state index contributed by atoms with van der Waals surface area (Å²) in [5.74, 6) is -1.27. The minimum Gasteiger partial charge on any atom is -0.464 e. The normalized spacial score (nSPS) is 25.8. The first-order valence-corrected chi connectivity index (χ1v) is 10.4. The van der Waals surface area contributed by atoms with Crippen molar-refractivity contribution in [3.63, 3.8) is 0 Å². The predicted octanol–water partition coefficient (Wildman–Crippen LogP) is 3.12. The van der Waals surface area contributed by atoms with Gasteiger partial charge in [-0.2, -0.15) is 0 Å². The predicted molar refractivity (Wildman–Crippen MR) is 109 cm³/mol. The molecule has 2 aliphatic heterocycles. The van der Waals surface area contributed by atoms with Crippen LogP contribution in [0.2, 0.25) is 0 Å². The molecule has 4 atom stereocenters. The number of amides is 1. The molecular weight excluding hydrogens is 366 g/mol. The van der Waals surface area contributed by atoms with Gasteiger partial charge in [0.15, 0.2) is 0 Å². The molecule has 0 unspecified atom stereocenters. The maximum atomic E-state index is 14.0. The van der Waals surface area contributed by atoms with Gasteiger partial charge in [-0.25, -0.2) is 4.79 Å². The van der Waals surface area contributed by atoms with Crippen LogP contribution in [0.3, 0.4) is 0 Å². The van der Waals surface area contributed by atoms with Crippen LogP contribution < -0.4 is 0 Å². The molecule has 3 fully saturated rings. The number of nitrogens with zero attached hydrogens (tertiary/aromatic N) is 1. The molecule has 2 saturated heterocycles. The van der Waals surface area contributed by atoms with Crippen LogP contribution >= 0.6 is 0 Å². The number of piperidine rings is 2. The fourth-order valence-electron chi connectivity index (χ4n) is 4.95. The van der Waals surface area contributed by atoms with Gasteiger partial charge in [0.25, 0.3) is 0 Å². The van der Waals surface area contributed by atoms with Gasteiger partial charge in [-0.15, -0.1) is 0 Å². The number of carbonyl (C=O) groups excluding carboxylic acids is 2. The topological polar surface area (TPSA) is 66.8 Å². The molecular formula is C24H27NO4. The number of esters is 1. The molecule has 2 aromatic carbocycles. The van der Waals surface area contributed by atoms with Crippen LogP contribution in [0.4, 0.5) is 0 Å². The molecule has 1 amide bonds. The van der Waals surface area contributed by atoms with Gasteiger partial charge in [0, 0.05) is 12.0 Å². The average molecular weight is 393 g/mol. The average Bonchev–Trinajstić information content (AvgIpc) is 2.75. The molecule has 1 aliphatic carbocycles. The zero-order valence-electron chi connectivity index (χ0n) is 16.6. The summed E-state index contributed by atoms with van der Waals surface area (Å²) in [7, 11) is 0. The summed E-state index contributed by atoms with van der Waals surface area (Å²) in [6.07, 6.45) is 1.49. The zero-order valence-corrected chi connectivity index (χ0v) is 16.6. The van der Waals surface area contributed by atoms with E-state index in [1.807, 2.05) is 60.7 Å². The number of aliphatic hydroxyl groups excluding tert-OH is 1. The third kappa shape index (κ3) is 3.67. The number of aliphatic hydroxyl groups is 1. The first-order valence-electron chi connectivity index (χ1n) is 10.4. The van der Waals surface area contributed by atoms with Crippen LogP contribution in [0.15, 0.2) is 60.7 Å². The van der Waals surface area contributed by atoms with Gasteiger partial charge in [0.2, 0.25) is 5.91 Å². The van der Waals surface area contributed by atoms with Crippen molar-refractivity contribution in [2.24, 2.45) is 5.92 Å². The number of hydrogen-bond donors (Lipinski definition) is 1. The van der Waals surface area contributed by atoms with Crippen molar-refractivity contribution in [3.8, 4) is 0 Å². The molecule has 2 heterocycles. The first-order chi connectivity index (χ1) is 14.1. The molecule has 0 aromatic heterocycles. The van der Waals surface area contributed by atoms with Crippen LogP contribution in [-0.2, 0) is 14.3 Å². The Morgan fingerprint density at radius 3 is 2.14 bits per heavy atom. The van der Waals surface area contributed by atoms with Crippen LogP contribution in [0.5, 0.6) is 0 Å². The molecule has 2 aromatic rings. The lowest BCUT2D eigenvalue weighted by molar-refractivity contribution is -0.175. The minimum absolute atomic E-state index is 0.0953. The lowest BCUT2D eigenvalue weighted by atomic mass is 9.71. The summed E-state index contributed by atoms with van der Waals surface area (Å²) < 4.78 is 5.31. The summed E-state index contributed by atoms with van der Waals surface area (Å²) in [4.78, 5) is 28.5. The number of rotatable bonds is 5. The first kappa shape index (κ1) is 19.6. The van der Waals surface area contributed by atoms with E-state index < -0.39 is 24.0 Å². The van der Waals surface area contributed by atoms with Gasteiger partial charge in [-0.05, 0) is 37.3 Å². The van der Waals surface area contributed by atoms with Crippen LogP contribution in [0.1, 0.15) is 43.2 Å². The summed E-state index contributed by atoms with van der Waals surface area (Å²) in [6.45, 7) is 2.02. The molecule has 1 N–H and O–H groups in total. The van der Waals surface area contributed by atoms with Crippen LogP contribution in [-0.4, -0.2) is 46.7 Å². The second kappa shape index (κ2) is 8.37. The lowest BCUT2D eigenvalue weighted by Crippen LogP contribution is -2.65. The molecule has 5 heteroatoms. The van der Waals surface area contributed by atoms with E-state index in [2.05, 4.69) is 0 Å². The van der Waals surface area contributed by atoms with Crippen molar-refractivity contribution in [3.05, 3.63) is 71.8 Å². The second-order valence-electron chi connectivity index (χ2n) is 7.89. The van der Waals surface area contributed by atoms with E-state index in [4.69, 9.17) is 4.74 Å². The van der Waals surface area contributed by atoms with E-state index in [9.17, 15) is 14.7 Å². The van der Waals surface area contributed by atoms with Crippen LogP contribution in [0.25, 0.3) is 0 Å². The van der Waals surface area contributed by atoms with E-state index in [-0.39, 0.29) is 24.5 Å². The summed E-state index contributed by atoms with van der Waals surface area (Å²) in [5, 5.41) is 10.5. The Morgan fingerprint density at radius 2 is 1.62 bits per heavy atom. The Balaban J connectivity index is 1.75. The highest BCUT2D eigenvalue weighted by atomic mass is 16.5. The SMILES string of the molecule is CCOC(=O)[C@@H]1[C@@H]2CC[C@@H](C[C@H]2O)N1C(=O)C(c1ccccc1)c1ccccc1. The third-order valence-corrected chi connectivity index (χ3v) is 6.23. The molecule has 1 saturated carbocycles. The van der Waals surface area contributed by atoms with Crippen LogP contribution in [0, 0.1) is 5.92 Å².